The molecule has 30 heavy (non-hydrogen) atoms. The zero-order chi connectivity index (χ0) is 22.7. The second-order valence-corrected chi connectivity index (χ2v) is 7.08. The molecule has 2 aromatic rings. The van der Waals surface area contributed by atoms with Crippen molar-refractivity contribution >= 4 is 17.4 Å². The molecule has 0 heterocycles. The van der Waals surface area contributed by atoms with Crippen LogP contribution in [0.5, 0.6) is 0 Å². The molecule has 0 aromatic heterocycles. The summed E-state index contributed by atoms with van der Waals surface area (Å²) in [5.74, 6) is 1.14. The number of aryl methyl sites for hydroxylation is 1. The first-order chi connectivity index (χ1) is 14.3. The van der Waals surface area contributed by atoms with Crippen molar-refractivity contribution in [1.82, 2.24) is 0 Å². The van der Waals surface area contributed by atoms with Gasteiger partial charge in [-0.05, 0) is 49.6 Å². The van der Waals surface area contributed by atoms with Crippen molar-refractivity contribution in [2.45, 2.75) is 20.8 Å². The van der Waals surface area contributed by atoms with Gasteiger partial charge in [0.05, 0.1) is 12.4 Å². The fourth-order valence-corrected chi connectivity index (χ4v) is 2.94. The molecule has 4 nitrogen and oxygen atoms in total. The molecule has 0 aliphatic rings. The molecule has 2 N–H and O–H groups in total. The van der Waals surface area contributed by atoms with Gasteiger partial charge in [-0.2, -0.15) is 0 Å². The number of aliphatic imine (C=N–C) groups is 2. The van der Waals surface area contributed by atoms with Crippen molar-refractivity contribution < 1.29 is 0 Å². The molecule has 0 saturated carbocycles. The second-order valence-electron chi connectivity index (χ2n) is 7.08. The van der Waals surface area contributed by atoms with E-state index < -0.39 is 0 Å². The van der Waals surface area contributed by atoms with E-state index in [1.165, 1.54) is 0 Å². The number of allylic oxidation sites excluding steroid dienone is 2. The normalized spacial score (nSPS) is 12.1. The number of anilines is 1. The Bertz CT molecular complexity index is 928. The van der Waals surface area contributed by atoms with Crippen LogP contribution >= 0.6 is 0 Å². The van der Waals surface area contributed by atoms with E-state index >= 15 is 0 Å². The highest BCUT2D eigenvalue weighted by Gasteiger charge is 2.14. The van der Waals surface area contributed by atoms with E-state index in [-0.39, 0.29) is 0 Å². The van der Waals surface area contributed by atoms with E-state index in [0.29, 0.717) is 18.2 Å². The predicted octanol–water partition coefficient (Wildman–Crippen LogP) is 5.79. The molecule has 4 heteroatoms. The Kier molecular flexibility index (Phi) is 10.0. The topological polar surface area (TPSA) is 54.0 Å². The van der Waals surface area contributed by atoms with Gasteiger partial charge in [0.2, 0.25) is 0 Å². The molecular weight excluding hydrogens is 368 g/mol. The summed E-state index contributed by atoms with van der Waals surface area (Å²) in [4.78, 5) is 11.4. The van der Waals surface area contributed by atoms with Gasteiger partial charge in [-0.15, -0.1) is 13.2 Å². The van der Waals surface area contributed by atoms with Crippen molar-refractivity contribution in [3.63, 3.8) is 0 Å². The van der Waals surface area contributed by atoms with E-state index in [1.807, 2.05) is 27.1 Å². The third kappa shape index (κ3) is 6.89. The molecule has 0 amide bonds. The zero-order valence-electron chi connectivity index (χ0n) is 18.9. The van der Waals surface area contributed by atoms with E-state index in [9.17, 15) is 0 Å². The molecule has 0 aliphatic carbocycles. The molecule has 0 atom stereocenters. The Morgan fingerprint density at radius 2 is 1.70 bits per heavy atom. The highest BCUT2D eigenvalue weighted by atomic mass is 15.1. The van der Waals surface area contributed by atoms with Crippen LogP contribution in [0.4, 0.5) is 5.69 Å². The largest absolute Gasteiger partial charge is 0.387 e. The number of amidine groups is 2. The molecule has 2 rings (SSSR count). The lowest BCUT2D eigenvalue weighted by Crippen LogP contribution is -2.13. The van der Waals surface area contributed by atoms with Gasteiger partial charge in [0, 0.05) is 25.3 Å². The summed E-state index contributed by atoms with van der Waals surface area (Å²) in [6, 6.07) is 14.7. The molecular formula is C26H34N4. The van der Waals surface area contributed by atoms with Crippen molar-refractivity contribution in [2.75, 3.05) is 25.5 Å². The van der Waals surface area contributed by atoms with E-state index in [1.54, 1.807) is 13.0 Å². The Hall–Kier alpha value is -3.40. The average molecular weight is 403 g/mol. The van der Waals surface area contributed by atoms with Gasteiger partial charge in [0.1, 0.15) is 0 Å². The maximum atomic E-state index is 5.92. The number of hydrogen-bond acceptors (Lipinski definition) is 2. The van der Waals surface area contributed by atoms with Gasteiger partial charge in [-0.25, -0.2) is 4.99 Å². The Morgan fingerprint density at radius 3 is 2.23 bits per heavy atom. The third-order valence-corrected chi connectivity index (χ3v) is 4.35. The lowest BCUT2D eigenvalue weighted by Gasteiger charge is -2.16. The van der Waals surface area contributed by atoms with Crippen LogP contribution < -0.4 is 10.6 Å². The second kappa shape index (κ2) is 12.2. The van der Waals surface area contributed by atoms with E-state index in [0.717, 1.165) is 33.5 Å². The van der Waals surface area contributed by atoms with Crippen LogP contribution in [-0.2, 0) is 0 Å². The zero-order valence-corrected chi connectivity index (χ0v) is 18.9. The molecule has 158 valence electrons. The molecule has 0 aliphatic heterocycles. The third-order valence-electron chi connectivity index (χ3n) is 4.35. The van der Waals surface area contributed by atoms with Crippen molar-refractivity contribution in [1.29, 1.82) is 0 Å². The highest BCUT2D eigenvalue weighted by Crippen LogP contribution is 2.29. The summed E-state index contributed by atoms with van der Waals surface area (Å²) in [6.45, 7) is 16.2. The molecule has 0 spiro atoms. The summed E-state index contributed by atoms with van der Waals surface area (Å²) >= 11 is 0. The van der Waals surface area contributed by atoms with E-state index in [4.69, 9.17) is 10.7 Å². The molecule has 0 unspecified atom stereocenters. The number of hydrogen-bond donors (Lipinski definition) is 1. The highest BCUT2D eigenvalue weighted by molar-refractivity contribution is 6.10. The molecule has 0 bridgehead atoms. The number of benzene rings is 2. The first-order valence-corrected chi connectivity index (χ1v) is 9.84. The molecule has 2 aromatic carbocycles. The fraction of sp³-hybridized carbons (Fsp3) is 0.231. The number of nitrogens with two attached hydrogens (primary N) is 1. The average Bonchev–Trinajstić information content (AvgIpc) is 2.72. The van der Waals surface area contributed by atoms with Crippen LogP contribution in [0.25, 0.3) is 11.1 Å². The number of rotatable bonds is 6. The van der Waals surface area contributed by atoms with Crippen LogP contribution in [0.2, 0.25) is 0 Å². The minimum Gasteiger partial charge on any atom is -0.387 e. The lowest BCUT2D eigenvalue weighted by molar-refractivity contribution is 1.12. The minimum atomic E-state index is 0.487. The fourth-order valence-electron chi connectivity index (χ4n) is 2.94. The van der Waals surface area contributed by atoms with Crippen molar-refractivity contribution in [3.8, 4) is 11.1 Å². The summed E-state index contributed by atoms with van der Waals surface area (Å²) < 4.78 is 0. The van der Waals surface area contributed by atoms with Gasteiger partial charge in [0.15, 0.2) is 5.84 Å². The Balaban J connectivity index is 0.00000218. The SMILES string of the molecule is C=C.C=C/C=C(\C)CN=C(N=C(C)N)c1c(C)cccc1-c1ccc(N(C)C)cc1. The molecule has 0 saturated heterocycles. The van der Waals surface area contributed by atoms with Gasteiger partial charge in [-0.1, -0.05) is 54.6 Å². The van der Waals surface area contributed by atoms with Crippen molar-refractivity contribution in [2.24, 2.45) is 15.7 Å². The summed E-state index contributed by atoms with van der Waals surface area (Å²) in [5.41, 5.74) is 12.5. The lowest BCUT2D eigenvalue weighted by atomic mass is 9.95. The van der Waals surface area contributed by atoms with E-state index in [2.05, 4.69) is 79.0 Å². The maximum Gasteiger partial charge on any atom is 0.157 e. The first-order valence-electron chi connectivity index (χ1n) is 9.84. The summed E-state index contributed by atoms with van der Waals surface area (Å²) in [5, 5.41) is 0. The van der Waals surface area contributed by atoms with Crippen molar-refractivity contribution in [3.05, 3.63) is 91.1 Å². The van der Waals surface area contributed by atoms with Gasteiger partial charge >= 0.3 is 0 Å². The molecule has 0 fully saturated rings. The van der Waals surface area contributed by atoms with Gasteiger partial charge in [-0.3, -0.25) is 4.99 Å². The standard InChI is InChI=1S/C24H30N4.C2H4/c1-7-9-17(2)16-26-24(27-19(4)25)23-18(3)10-8-11-22(23)20-12-14-21(15-13-20)28(5)6;1-2/h7-15H,1,16H2,2-6H3,(H2,25,26,27);1-2H2/b17-9+;. The van der Waals surface area contributed by atoms with Crippen LogP contribution in [0, 0.1) is 6.92 Å². The maximum absolute atomic E-state index is 5.92. The summed E-state index contributed by atoms with van der Waals surface area (Å²) in [6.07, 6.45) is 3.73. The van der Waals surface area contributed by atoms with Crippen LogP contribution in [0.3, 0.4) is 0 Å². The smallest absolute Gasteiger partial charge is 0.157 e. The van der Waals surface area contributed by atoms with Gasteiger partial charge < -0.3 is 10.6 Å². The minimum absolute atomic E-state index is 0.487. The molecule has 0 radical (unpaired) electrons. The quantitative estimate of drug-likeness (QED) is 0.288. The Labute approximate surface area is 181 Å². The first kappa shape index (κ1) is 24.6. The predicted molar refractivity (Wildman–Crippen MR) is 135 cm³/mol. The van der Waals surface area contributed by atoms with Crippen LogP contribution in [0.15, 0.2) is 89.9 Å². The summed E-state index contributed by atoms with van der Waals surface area (Å²) in [7, 11) is 4.07. The Morgan fingerprint density at radius 1 is 1.07 bits per heavy atom. The van der Waals surface area contributed by atoms with Crippen LogP contribution in [-0.4, -0.2) is 32.3 Å². The van der Waals surface area contributed by atoms with Crippen LogP contribution in [0.1, 0.15) is 25.0 Å². The monoisotopic (exact) mass is 402 g/mol. The van der Waals surface area contributed by atoms with Gasteiger partial charge in [0.25, 0.3) is 0 Å². The number of nitrogens with zero attached hydrogens (tertiary/aromatic N) is 3.